The van der Waals surface area contributed by atoms with Crippen molar-refractivity contribution in [2.45, 2.75) is 33.2 Å². The zero-order valence-electron chi connectivity index (χ0n) is 11.3. The summed E-state index contributed by atoms with van der Waals surface area (Å²) in [4.78, 5) is 16.4. The molecule has 0 fully saturated rings. The summed E-state index contributed by atoms with van der Waals surface area (Å²) in [5.74, 6) is -0.247. The third-order valence-corrected chi connectivity index (χ3v) is 2.95. The SMILES string of the molecule is CCn1nc(C(C)C)c(C(=O)c2cccnc2)c1O. The van der Waals surface area contributed by atoms with Crippen LogP contribution in [0.1, 0.15) is 48.3 Å². The molecule has 0 aliphatic carbocycles. The number of aryl methyl sites for hydroxylation is 1. The molecule has 2 aromatic rings. The van der Waals surface area contributed by atoms with Gasteiger partial charge in [-0.2, -0.15) is 5.10 Å². The van der Waals surface area contributed by atoms with Gasteiger partial charge >= 0.3 is 0 Å². The number of carbonyl (C=O) groups excluding carboxylic acids is 1. The van der Waals surface area contributed by atoms with Crippen molar-refractivity contribution in [3.63, 3.8) is 0 Å². The fraction of sp³-hybridized carbons (Fsp3) is 0.357. The van der Waals surface area contributed by atoms with Crippen molar-refractivity contribution in [2.75, 3.05) is 0 Å². The summed E-state index contributed by atoms with van der Waals surface area (Å²) < 4.78 is 1.44. The Bertz CT molecular complexity index is 588. The van der Waals surface area contributed by atoms with Gasteiger partial charge in [-0.05, 0) is 25.0 Å². The molecule has 2 rings (SSSR count). The van der Waals surface area contributed by atoms with Crippen molar-refractivity contribution in [3.8, 4) is 5.88 Å². The minimum atomic E-state index is -0.242. The number of carbonyl (C=O) groups is 1. The molecule has 0 unspecified atom stereocenters. The summed E-state index contributed by atoms with van der Waals surface area (Å²) in [7, 11) is 0. The number of rotatable bonds is 4. The Morgan fingerprint density at radius 1 is 1.47 bits per heavy atom. The quantitative estimate of drug-likeness (QED) is 0.856. The maximum absolute atomic E-state index is 12.5. The third kappa shape index (κ3) is 2.36. The zero-order valence-corrected chi connectivity index (χ0v) is 11.3. The third-order valence-electron chi connectivity index (χ3n) is 2.95. The minimum absolute atomic E-state index is 0.0642. The van der Waals surface area contributed by atoms with Gasteiger partial charge in [-0.15, -0.1) is 0 Å². The van der Waals surface area contributed by atoms with Gasteiger partial charge in [0.2, 0.25) is 11.7 Å². The van der Waals surface area contributed by atoms with E-state index in [1.54, 1.807) is 18.3 Å². The van der Waals surface area contributed by atoms with E-state index in [-0.39, 0.29) is 23.1 Å². The second kappa shape index (κ2) is 5.22. The molecule has 0 bridgehead atoms. The number of ketones is 1. The van der Waals surface area contributed by atoms with Crippen LogP contribution in [-0.2, 0) is 6.54 Å². The van der Waals surface area contributed by atoms with E-state index in [1.165, 1.54) is 10.9 Å². The maximum Gasteiger partial charge on any atom is 0.221 e. The van der Waals surface area contributed by atoms with Gasteiger partial charge in [0.1, 0.15) is 5.56 Å². The normalized spacial score (nSPS) is 10.9. The van der Waals surface area contributed by atoms with Gasteiger partial charge in [-0.25, -0.2) is 4.68 Å². The van der Waals surface area contributed by atoms with E-state index >= 15 is 0 Å². The lowest BCUT2D eigenvalue weighted by molar-refractivity contribution is 0.103. The maximum atomic E-state index is 12.5. The average molecular weight is 259 g/mol. The van der Waals surface area contributed by atoms with Crippen LogP contribution in [0, 0.1) is 0 Å². The molecule has 2 heterocycles. The molecule has 1 N–H and O–H groups in total. The Labute approximate surface area is 111 Å². The molecule has 5 heteroatoms. The summed E-state index contributed by atoms with van der Waals surface area (Å²) >= 11 is 0. The Hall–Kier alpha value is -2.17. The molecule has 0 radical (unpaired) electrons. The lowest BCUT2D eigenvalue weighted by atomic mass is 9.99. The van der Waals surface area contributed by atoms with Crippen LogP contribution >= 0.6 is 0 Å². The number of nitrogens with zero attached hydrogens (tertiary/aromatic N) is 3. The molecular formula is C14H17N3O2. The van der Waals surface area contributed by atoms with Crippen LogP contribution in [0.5, 0.6) is 5.88 Å². The van der Waals surface area contributed by atoms with Crippen molar-refractivity contribution in [3.05, 3.63) is 41.3 Å². The van der Waals surface area contributed by atoms with E-state index in [4.69, 9.17) is 0 Å². The first-order valence-corrected chi connectivity index (χ1v) is 6.30. The molecule has 2 aromatic heterocycles. The summed E-state index contributed by atoms with van der Waals surface area (Å²) in [6.07, 6.45) is 3.10. The van der Waals surface area contributed by atoms with Crippen molar-refractivity contribution in [1.82, 2.24) is 14.8 Å². The van der Waals surface area contributed by atoms with Crippen molar-refractivity contribution >= 4 is 5.78 Å². The minimum Gasteiger partial charge on any atom is -0.493 e. The van der Waals surface area contributed by atoms with Crippen LogP contribution in [0.15, 0.2) is 24.5 Å². The molecule has 0 aliphatic rings. The first kappa shape index (κ1) is 13.3. The molecule has 0 amide bonds. The monoisotopic (exact) mass is 259 g/mol. The topological polar surface area (TPSA) is 68.0 Å². The van der Waals surface area contributed by atoms with Crippen LogP contribution in [0.4, 0.5) is 0 Å². The zero-order chi connectivity index (χ0) is 14.0. The van der Waals surface area contributed by atoms with Crippen molar-refractivity contribution in [2.24, 2.45) is 0 Å². The summed E-state index contributed by atoms with van der Waals surface area (Å²) in [6, 6.07) is 3.38. The molecular weight excluding hydrogens is 242 g/mol. The van der Waals surface area contributed by atoms with Crippen LogP contribution in [0.2, 0.25) is 0 Å². The molecule has 0 atom stereocenters. The van der Waals surface area contributed by atoms with E-state index in [9.17, 15) is 9.90 Å². The number of hydrogen-bond acceptors (Lipinski definition) is 4. The summed E-state index contributed by atoms with van der Waals surface area (Å²) in [5.41, 5.74) is 1.36. The van der Waals surface area contributed by atoms with Crippen molar-refractivity contribution < 1.29 is 9.90 Å². The number of aromatic nitrogens is 3. The van der Waals surface area contributed by atoms with Crippen LogP contribution in [0.25, 0.3) is 0 Å². The highest BCUT2D eigenvalue weighted by atomic mass is 16.3. The molecule has 5 nitrogen and oxygen atoms in total. The Morgan fingerprint density at radius 2 is 2.21 bits per heavy atom. The molecule has 100 valence electrons. The number of pyridine rings is 1. The van der Waals surface area contributed by atoms with Crippen LogP contribution in [0.3, 0.4) is 0 Å². The van der Waals surface area contributed by atoms with Gasteiger partial charge in [-0.1, -0.05) is 13.8 Å². The second-order valence-corrected chi connectivity index (χ2v) is 4.63. The predicted molar refractivity (Wildman–Crippen MR) is 71.3 cm³/mol. The fourth-order valence-corrected chi connectivity index (χ4v) is 1.95. The molecule has 0 aromatic carbocycles. The van der Waals surface area contributed by atoms with E-state index < -0.39 is 0 Å². The average Bonchev–Trinajstić information content (AvgIpc) is 2.76. The largest absolute Gasteiger partial charge is 0.493 e. The number of aromatic hydroxyl groups is 1. The number of hydrogen-bond donors (Lipinski definition) is 1. The van der Waals surface area contributed by atoms with E-state index in [0.29, 0.717) is 17.8 Å². The van der Waals surface area contributed by atoms with E-state index in [1.807, 2.05) is 20.8 Å². The van der Waals surface area contributed by atoms with Gasteiger partial charge in [0.05, 0.1) is 5.69 Å². The van der Waals surface area contributed by atoms with Gasteiger partial charge in [-0.3, -0.25) is 9.78 Å². The van der Waals surface area contributed by atoms with E-state index in [2.05, 4.69) is 10.1 Å². The predicted octanol–water partition coefficient (Wildman–Crippen LogP) is 2.36. The van der Waals surface area contributed by atoms with E-state index in [0.717, 1.165) is 0 Å². The van der Waals surface area contributed by atoms with Crippen LogP contribution < -0.4 is 0 Å². The molecule has 0 aliphatic heterocycles. The highest BCUT2D eigenvalue weighted by molar-refractivity contribution is 6.11. The van der Waals surface area contributed by atoms with Gasteiger partial charge < -0.3 is 5.11 Å². The molecule has 19 heavy (non-hydrogen) atoms. The standard InChI is InChI=1S/C14H17N3O2/c1-4-17-14(19)11(12(16-17)9(2)3)13(18)10-6-5-7-15-8-10/h5-9,19H,4H2,1-3H3. The van der Waals surface area contributed by atoms with Crippen molar-refractivity contribution in [1.29, 1.82) is 0 Å². The Morgan fingerprint density at radius 3 is 2.74 bits per heavy atom. The first-order chi connectivity index (χ1) is 9.06. The molecule has 0 saturated carbocycles. The van der Waals surface area contributed by atoms with Gasteiger partial charge in [0.15, 0.2) is 0 Å². The van der Waals surface area contributed by atoms with Gasteiger partial charge in [0.25, 0.3) is 0 Å². The lowest BCUT2D eigenvalue weighted by Gasteiger charge is -2.04. The highest BCUT2D eigenvalue weighted by Crippen LogP contribution is 2.29. The van der Waals surface area contributed by atoms with Crippen LogP contribution in [-0.4, -0.2) is 25.7 Å². The Balaban J connectivity index is 2.55. The highest BCUT2D eigenvalue weighted by Gasteiger charge is 2.25. The summed E-state index contributed by atoms with van der Waals surface area (Å²) in [5, 5.41) is 14.4. The molecule has 0 saturated heterocycles. The smallest absolute Gasteiger partial charge is 0.221 e. The summed E-state index contributed by atoms with van der Waals surface area (Å²) in [6.45, 7) is 6.28. The Kier molecular flexibility index (Phi) is 3.64. The molecule has 0 spiro atoms. The fourth-order valence-electron chi connectivity index (χ4n) is 1.95. The van der Waals surface area contributed by atoms with Gasteiger partial charge in [0, 0.05) is 24.5 Å². The lowest BCUT2D eigenvalue weighted by Crippen LogP contribution is -2.05. The second-order valence-electron chi connectivity index (χ2n) is 4.63. The first-order valence-electron chi connectivity index (χ1n) is 6.30.